The summed E-state index contributed by atoms with van der Waals surface area (Å²) in [7, 11) is 0. The van der Waals surface area contributed by atoms with Crippen LogP contribution >= 0.6 is 0 Å². The Labute approximate surface area is 206 Å². The molecule has 4 aromatic rings. The molecule has 2 aromatic heterocycles. The Morgan fingerprint density at radius 2 is 1.77 bits per heavy atom. The van der Waals surface area contributed by atoms with E-state index in [0.717, 1.165) is 62.3 Å². The molecule has 2 aromatic carbocycles. The number of carbonyl (C=O) groups is 1. The number of piperazine rings is 1. The molecule has 4 heterocycles. The summed E-state index contributed by atoms with van der Waals surface area (Å²) in [5, 5.41) is 4.59. The molecule has 6 nitrogen and oxygen atoms in total. The van der Waals surface area contributed by atoms with Gasteiger partial charge >= 0.3 is 0 Å². The highest BCUT2D eigenvalue weighted by Crippen LogP contribution is 2.34. The molecular weight excluding hydrogens is 434 g/mol. The summed E-state index contributed by atoms with van der Waals surface area (Å²) in [6, 6.07) is 17.8. The van der Waals surface area contributed by atoms with E-state index in [1.807, 2.05) is 18.0 Å². The number of anilines is 1. The van der Waals surface area contributed by atoms with Crippen molar-refractivity contribution in [3.05, 3.63) is 72.1 Å². The van der Waals surface area contributed by atoms with Gasteiger partial charge in [0.25, 0.3) is 0 Å². The number of aromatic nitrogens is 2. The van der Waals surface area contributed by atoms with E-state index < -0.39 is 0 Å². The van der Waals surface area contributed by atoms with Gasteiger partial charge in [0.05, 0.1) is 0 Å². The smallest absolute Gasteiger partial charge is 0.222 e. The van der Waals surface area contributed by atoms with Crippen LogP contribution in [0.15, 0.2) is 60.9 Å². The highest BCUT2D eigenvalue weighted by atomic mass is 16.2. The normalized spacial score (nSPS) is 15.9. The fourth-order valence-corrected chi connectivity index (χ4v) is 5.31. The topological polar surface area (TPSA) is 64.3 Å². The third-order valence-electron chi connectivity index (χ3n) is 7.38. The fraction of sp³-hybridized carbons (Fsp3) is 0.310. The molecule has 2 aliphatic heterocycles. The quantitative estimate of drug-likeness (QED) is 0.439. The second-order valence-corrected chi connectivity index (χ2v) is 9.58. The van der Waals surface area contributed by atoms with Crippen LogP contribution in [0.1, 0.15) is 24.5 Å². The van der Waals surface area contributed by atoms with Gasteiger partial charge in [-0.15, -0.1) is 0 Å². The first kappa shape index (κ1) is 21.9. The summed E-state index contributed by atoms with van der Waals surface area (Å²) in [6.07, 6.45) is 5.70. The van der Waals surface area contributed by atoms with E-state index >= 15 is 0 Å². The monoisotopic (exact) mass is 465 g/mol. The molecule has 6 rings (SSSR count). The second-order valence-electron chi connectivity index (χ2n) is 9.58. The molecule has 0 saturated carbocycles. The van der Waals surface area contributed by atoms with Crippen LogP contribution in [-0.4, -0.2) is 58.4 Å². The average Bonchev–Trinajstić information content (AvgIpc) is 3.55. The van der Waals surface area contributed by atoms with Crippen molar-refractivity contribution in [2.45, 2.75) is 26.3 Å². The molecule has 0 radical (unpaired) electrons. The van der Waals surface area contributed by atoms with Crippen molar-refractivity contribution in [3.63, 3.8) is 0 Å². The van der Waals surface area contributed by atoms with Crippen molar-refractivity contribution in [3.8, 4) is 22.3 Å². The fourth-order valence-electron chi connectivity index (χ4n) is 5.31. The first-order chi connectivity index (χ1) is 17.2. The van der Waals surface area contributed by atoms with Crippen LogP contribution < -0.4 is 5.32 Å². The van der Waals surface area contributed by atoms with Gasteiger partial charge in [-0.2, -0.15) is 0 Å². The van der Waals surface area contributed by atoms with E-state index in [1.54, 1.807) is 0 Å². The van der Waals surface area contributed by atoms with Gasteiger partial charge in [0.2, 0.25) is 5.91 Å². The zero-order chi connectivity index (χ0) is 23.8. The number of nitrogens with zero attached hydrogens (tertiary/aromatic N) is 3. The highest BCUT2D eigenvalue weighted by molar-refractivity contribution is 5.96. The molecule has 0 spiro atoms. The van der Waals surface area contributed by atoms with Crippen LogP contribution in [0.2, 0.25) is 0 Å². The second kappa shape index (κ2) is 9.19. The largest absolute Gasteiger partial charge is 0.384 e. The van der Waals surface area contributed by atoms with Gasteiger partial charge in [-0.3, -0.25) is 9.69 Å². The summed E-state index contributed by atoms with van der Waals surface area (Å²) in [6.45, 7) is 7.40. The molecule has 0 bridgehead atoms. The molecule has 1 amide bonds. The lowest BCUT2D eigenvalue weighted by Crippen LogP contribution is -2.48. The predicted octanol–water partition coefficient (Wildman–Crippen LogP) is 4.92. The van der Waals surface area contributed by atoms with E-state index in [1.165, 1.54) is 33.5 Å². The number of benzene rings is 2. The van der Waals surface area contributed by atoms with Crippen LogP contribution in [0, 0.1) is 0 Å². The third kappa shape index (κ3) is 4.30. The number of pyridine rings is 1. The lowest BCUT2D eigenvalue weighted by Gasteiger charge is -2.34. The van der Waals surface area contributed by atoms with Crippen molar-refractivity contribution in [1.82, 2.24) is 19.8 Å². The first-order valence-corrected chi connectivity index (χ1v) is 12.6. The number of nitrogens with one attached hydrogen (secondary N) is 2. The molecule has 2 aliphatic rings. The number of aromatic amines is 1. The number of fused-ring (bicyclic) bond motifs is 2. The van der Waals surface area contributed by atoms with Crippen molar-refractivity contribution < 1.29 is 4.79 Å². The Morgan fingerprint density at radius 3 is 2.57 bits per heavy atom. The molecule has 178 valence electrons. The lowest BCUT2D eigenvalue weighted by atomic mass is 9.99. The number of amides is 1. The molecule has 35 heavy (non-hydrogen) atoms. The Kier molecular flexibility index (Phi) is 5.74. The van der Waals surface area contributed by atoms with Gasteiger partial charge in [-0.1, -0.05) is 37.3 Å². The summed E-state index contributed by atoms with van der Waals surface area (Å²) in [5.41, 5.74) is 9.58. The number of carbonyl (C=O) groups excluding carboxylic acids is 1. The average molecular weight is 466 g/mol. The van der Waals surface area contributed by atoms with Crippen LogP contribution in [-0.2, 0) is 17.8 Å². The molecule has 0 unspecified atom stereocenters. The first-order valence-electron chi connectivity index (χ1n) is 12.6. The van der Waals surface area contributed by atoms with Gasteiger partial charge in [-0.25, -0.2) is 4.98 Å². The van der Waals surface area contributed by atoms with Crippen LogP contribution in [0.4, 0.5) is 5.69 Å². The zero-order valence-electron chi connectivity index (χ0n) is 20.2. The molecular formula is C29H31N5O. The Morgan fingerprint density at radius 1 is 0.971 bits per heavy atom. The minimum Gasteiger partial charge on any atom is -0.384 e. The Hall–Kier alpha value is -3.64. The van der Waals surface area contributed by atoms with E-state index in [2.05, 4.69) is 69.9 Å². The van der Waals surface area contributed by atoms with E-state index in [9.17, 15) is 4.79 Å². The van der Waals surface area contributed by atoms with Gasteiger partial charge in [0.1, 0.15) is 5.65 Å². The van der Waals surface area contributed by atoms with Crippen LogP contribution in [0.3, 0.4) is 0 Å². The Balaban J connectivity index is 1.19. The van der Waals surface area contributed by atoms with Crippen molar-refractivity contribution >= 4 is 22.6 Å². The maximum absolute atomic E-state index is 11.9. The van der Waals surface area contributed by atoms with Crippen molar-refractivity contribution in [1.29, 1.82) is 0 Å². The Bertz CT molecular complexity index is 1370. The lowest BCUT2D eigenvalue weighted by molar-refractivity contribution is -0.132. The van der Waals surface area contributed by atoms with E-state index in [4.69, 9.17) is 4.98 Å². The van der Waals surface area contributed by atoms with Crippen molar-refractivity contribution in [2.24, 2.45) is 0 Å². The maximum Gasteiger partial charge on any atom is 0.222 e. The summed E-state index contributed by atoms with van der Waals surface area (Å²) in [4.78, 5) is 24.4. The van der Waals surface area contributed by atoms with Crippen LogP contribution in [0.25, 0.3) is 33.3 Å². The molecule has 0 atom stereocenters. The predicted molar refractivity (Wildman–Crippen MR) is 141 cm³/mol. The molecule has 2 N–H and O–H groups in total. The summed E-state index contributed by atoms with van der Waals surface area (Å²) in [5.74, 6) is 0.262. The molecule has 0 aliphatic carbocycles. The number of hydrogen-bond acceptors (Lipinski definition) is 4. The highest BCUT2D eigenvalue weighted by Gasteiger charge is 2.20. The maximum atomic E-state index is 11.9. The van der Waals surface area contributed by atoms with Gasteiger partial charge in [-0.05, 0) is 46.9 Å². The minimum atomic E-state index is 0.262. The zero-order valence-corrected chi connectivity index (χ0v) is 20.2. The molecule has 6 heteroatoms. The molecule has 1 fully saturated rings. The summed E-state index contributed by atoms with van der Waals surface area (Å²) < 4.78 is 0. The SMILES string of the molecule is CCC(=O)N1CCN(Cc2ccc(-c3cnc4[nH]cc(-c5ccc6c(c5)CCN6)c4c3)cc2)CC1. The minimum absolute atomic E-state index is 0.262. The van der Waals surface area contributed by atoms with Crippen molar-refractivity contribution in [2.75, 3.05) is 38.0 Å². The third-order valence-corrected chi connectivity index (χ3v) is 7.38. The van der Waals surface area contributed by atoms with E-state index in [0.29, 0.717) is 6.42 Å². The van der Waals surface area contributed by atoms with Gasteiger partial charge in [0, 0.05) is 80.3 Å². The number of hydrogen-bond donors (Lipinski definition) is 2. The summed E-state index contributed by atoms with van der Waals surface area (Å²) >= 11 is 0. The van der Waals surface area contributed by atoms with Gasteiger partial charge in [0.15, 0.2) is 0 Å². The van der Waals surface area contributed by atoms with Gasteiger partial charge < -0.3 is 15.2 Å². The van der Waals surface area contributed by atoms with E-state index in [-0.39, 0.29) is 5.91 Å². The number of rotatable bonds is 5. The van der Waals surface area contributed by atoms with Crippen LogP contribution in [0.5, 0.6) is 0 Å². The number of H-pyrrole nitrogens is 1. The molecule has 1 saturated heterocycles. The standard InChI is InChI=1S/C29H31N5O/c1-2-28(35)34-13-11-33(12-14-34)19-20-3-5-21(6-4-20)24-16-25-26(18-32-29(25)31-17-24)22-7-8-27-23(15-22)9-10-30-27/h3-8,15-18,30H,2,9-14,19H2,1H3,(H,31,32).